The smallest absolute Gasteiger partial charge is 0.126 e. The molecule has 0 heterocycles. The molecule has 0 aliphatic heterocycles. The molecule has 0 saturated heterocycles. The minimum Gasteiger partial charge on any atom is -0.319 e. The monoisotopic (exact) mass is 186 g/mol. The molecular weight excluding hydrogens is 174 g/mol. The van der Waals surface area contributed by atoms with Crippen LogP contribution in [0.5, 0.6) is 0 Å². The maximum Gasteiger partial charge on any atom is 0.126 e. The Bertz CT molecular complexity index is 340. The number of halogens is 1. The van der Waals surface area contributed by atoms with E-state index in [0.29, 0.717) is 10.9 Å². The van der Waals surface area contributed by atoms with Crippen molar-refractivity contribution in [3.8, 4) is 0 Å². The van der Waals surface area contributed by atoms with E-state index < -0.39 is 7.14 Å². The van der Waals surface area contributed by atoms with Crippen LogP contribution in [0.2, 0.25) is 0 Å². The molecule has 0 bridgehead atoms. The number of hydrogen-bond acceptors (Lipinski definition) is 1. The van der Waals surface area contributed by atoms with Gasteiger partial charge in [-0.25, -0.2) is 4.39 Å². The van der Waals surface area contributed by atoms with Gasteiger partial charge in [-0.3, -0.25) is 0 Å². The molecule has 12 heavy (non-hydrogen) atoms. The van der Waals surface area contributed by atoms with Gasteiger partial charge in [0, 0.05) is 5.30 Å². The van der Waals surface area contributed by atoms with E-state index in [1.165, 1.54) is 6.07 Å². The van der Waals surface area contributed by atoms with E-state index >= 15 is 0 Å². The third kappa shape index (κ3) is 1.75. The summed E-state index contributed by atoms with van der Waals surface area (Å²) in [5, 5.41) is 0.641. The van der Waals surface area contributed by atoms with Crippen LogP contribution in [0.25, 0.3) is 0 Å². The zero-order valence-electron chi connectivity index (χ0n) is 7.47. The lowest BCUT2D eigenvalue weighted by atomic mass is 10.2. The Labute approximate surface area is 72.0 Å². The molecule has 0 radical (unpaired) electrons. The van der Waals surface area contributed by atoms with E-state index in [1.807, 2.05) is 0 Å². The fourth-order valence-electron chi connectivity index (χ4n) is 1.18. The van der Waals surface area contributed by atoms with Crippen LogP contribution in [0.1, 0.15) is 5.56 Å². The summed E-state index contributed by atoms with van der Waals surface area (Å²) in [6.45, 7) is 4.95. The summed E-state index contributed by atoms with van der Waals surface area (Å²) in [5.74, 6) is -0.281. The lowest BCUT2D eigenvalue weighted by Crippen LogP contribution is -2.08. The van der Waals surface area contributed by atoms with Crippen LogP contribution < -0.4 is 5.30 Å². The van der Waals surface area contributed by atoms with Crippen LogP contribution in [0.15, 0.2) is 18.2 Å². The van der Waals surface area contributed by atoms with Crippen molar-refractivity contribution in [2.45, 2.75) is 6.92 Å². The van der Waals surface area contributed by atoms with Gasteiger partial charge in [0.2, 0.25) is 0 Å². The molecule has 3 heteroatoms. The van der Waals surface area contributed by atoms with Gasteiger partial charge in [-0.05, 0) is 31.9 Å². The summed E-state index contributed by atoms with van der Waals surface area (Å²) in [7, 11) is -2.32. The fraction of sp³-hybridized carbons (Fsp3) is 0.333. The number of benzene rings is 1. The molecule has 1 rings (SSSR count). The van der Waals surface area contributed by atoms with Crippen molar-refractivity contribution in [3.63, 3.8) is 0 Å². The van der Waals surface area contributed by atoms with Gasteiger partial charge < -0.3 is 4.57 Å². The molecule has 0 atom stereocenters. The molecule has 0 fully saturated rings. The standard InChI is InChI=1S/C9H12FOP/c1-7-8(10)5-4-6-9(7)12(2,3)11/h4-6H,1-3H3. The Morgan fingerprint density at radius 1 is 1.33 bits per heavy atom. The molecular formula is C9H12FOP. The van der Waals surface area contributed by atoms with Crippen molar-refractivity contribution in [2.24, 2.45) is 0 Å². The molecule has 0 aliphatic carbocycles. The average Bonchev–Trinajstić information content (AvgIpc) is 1.92. The Morgan fingerprint density at radius 2 is 1.92 bits per heavy atom. The second-order valence-electron chi connectivity index (χ2n) is 3.23. The van der Waals surface area contributed by atoms with E-state index in [2.05, 4.69) is 0 Å². The molecule has 0 saturated carbocycles. The van der Waals surface area contributed by atoms with Gasteiger partial charge in [-0.1, -0.05) is 12.1 Å². The second-order valence-corrected chi connectivity index (χ2v) is 6.42. The molecule has 0 amide bonds. The predicted octanol–water partition coefficient (Wildman–Crippen LogP) is 2.38. The molecule has 66 valence electrons. The Balaban J connectivity index is 3.36. The van der Waals surface area contributed by atoms with E-state index in [-0.39, 0.29) is 5.82 Å². The first-order chi connectivity index (χ1) is 5.43. The van der Waals surface area contributed by atoms with E-state index in [0.717, 1.165) is 0 Å². The van der Waals surface area contributed by atoms with Crippen molar-refractivity contribution in [1.29, 1.82) is 0 Å². The third-order valence-electron chi connectivity index (χ3n) is 1.82. The van der Waals surface area contributed by atoms with Crippen LogP contribution in [0, 0.1) is 12.7 Å². The molecule has 0 aliphatic rings. The highest BCUT2D eigenvalue weighted by atomic mass is 31.2. The first-order valence-electron chi connectivity index (χ1n) is 3.73. The number of rotatable bonds is 1. The van der Waals surface area contributed by atoms with Crippen LogP contribution in [-0.4, -0.2) is 13.3 Å². The zero-order valence-corrected chi connectivity index (χ0v) is 8.36. The topological polar surface area (TPSA) is 17.1 Å². The first-order valence-corrected chi connectivity index (χ1v) is 6.33. The lowest BCUT2D eigenvalue weighted by Gasteiger charge is -2.10. The molecule has 0 N–H and O–H groups in total. The van der Waals surface area contributed by atoms with Crippen molar-refractivity contribution in [1.82, 2.24) is 0 Å². The van der Waals surface area contributed by atoms with Gasteiger partial charge in [0.15, 0.2) is 0 Å². The van der Waals surface area contributed by atoms with Crippen LogP contribution >= 0.6 is 7.14 Å². The van der Waals surface area contributed by atoms with Crippen LogP contribution in [-0.2, 0) is 4.57 Å². The zero-order chi connectivity index (χ0) is 9.35. The Kier molecular flexibility index (Phi) is 2.39. The van der Waals surface area contributed by atoms with Crippen molar-refractivity contribution in [2.75, 3.05) is 13.3 Å². The van der Waals surface area contributed by atoms with Gasteiger partial charge >= 0.3 is 0 Å². The van der Waals surface area contributed by atoms with Crippen molar-refractivity contribution in [3.05, 3.63) is 29.6 Å². The van der Waals surface area contributed by atoms with E-state index in [9.17, 15) is 8.96 Å². The summed E-state index contributed by atoms with van der Waals surface area (Å²) in [5.41, 5.74) is 0.505. The largest absolute Gasteiger partial charge is 0.319 e. The third-order valence-corrected chi connectivity index (χ3v) is 3.46. The van der Waals surface area contributed by atoms with Crippen molar-refractivity contribution >= 4 is 12.4 Å². The molecule has 0 unspecified atom stereocenters. The van der Waals surface area contributed by atoms with Gasteiger partial charge in [0.25, 0.3) is 0 Å². The molecule has 1 nitrogen and oxygen atoms in total. The summed E-state index contributed by atoms with van der Waals surface area (Å²) >= 11 is 0. The minimum atomic E-state index is -2.32. The highest BCUT2D eigenvalue weighted by Crippen LogP contribution is 2.36. The summed E-state index contributed by atoms with van der Waals surface area (Å²) in [6, 6.07) is 4.70. The molecule has 0 aromatic heterocycles. The SMILES string of the molecule is Cc1c(F)cccc1P(C)(C)=O. The second kappa shape index (κ2) is 3.02. The molecule has 0 spiro atoms. The van der Waals surface area contributed by atoms with Crippen LogP contribution in [0.3, 0.4) is 0 Å². The normalized spacial score (nSPS) is 11.7. The quantitative estimate of drug-likeness (QED) is 0.615. The lowest BCUT2D eigenvalue weighted by molar-refractivity contribution is 0.587. The maximum absolute atomic E-state index is 13.0. The average molecular weight is 186 g/mol. The summed E-state index contributed by atoms with van der Waals surface area (Å²) < 4.78 is 24.6. The van der Waals surface area contributed by atoms with E-state index in [1.54, 1.807) is 32.4 Å². The molecule has 1 aromatic carbocycles. The molecule has 1 aromatic rings. The van der Waals surface area contributed by atoms with Gasteiger partial charge in [-0.2, -0.15) is 0 Å². The first kappa shape index (κ1) is 9.47. The highest BCUT2D eigenvalue weighted by Gasteiger charge is 2.15. The Hall–Kier alpha value is -0.620. The minimum absolute atomic E-state index is 0.281. The van der Waals surface area contributed by atoms with Gasteiger partial charge in [-0.15, -0.1) is 0 Å². The summed E-state index contributed by atoms with van der Waals surface area (Å²) in [4.78, 5) is 0. The number of hydrogen-bond donors (Lipinski definition) is 0. The van der Waals surface area contributed by atoms with Crippen LogP contribution in [0.4, 0.5) is 4.39 Å². The van der Waals surface area contributed by atoms with Crippen molar-refractivity contribution < 1.29 is 8.96 Å². The highest BCUT2D eigenvalue weighted by molar-refractivity contribution is 7.70. The Morgan fingerprint density at radius 3 is 2.33 bits per heavy atom. The predicted molar refractivity (Wildman–Crippen MR) is 50.2 cm³/mol. The van der Waals surface area contributed by atoms with Gasteiger partial charge in [0.05, 0.1) is 0 Å². The summed E-state index contributed by atoms with van der Waals surface area (Å²) in [6.07, 6.45) is 0. The maximum atomic E-state index is 13.0. The van der Waals surface area contributed by atoms with Gasteiger partial charge in [0.1, 0.15) is 13.0 Å². The van der Waals surface area contributed by atoms with E-state index in [4.69, 9.17) is 0 Å². The fourth-order valence-corrected chi connectivity index (χ4v) is 2.54.